The van der Waals surface area contributed by atoms with E-state index in [4.69, 9.17) is 0 Å². The highest BCUT2D eigenvalue weighted by Gasteiger charge is 2.33. The van der Waals surface area contributed by atoms with Gasteiger partial charge in [-0.05, 0) is 50.5 Å². The average Bonchev–Trinajstić information content (AvgIpc) is 2.29. The molecule has 0 aromatic carbocycles. The molecule has 0 saturated heterocycles. The van der Waals surface area contributed by atoms with Crippen LogP contribution in [0.15, 0.2) is 0 Å². The van der Waals surface area contributed by atoms with E-state index >= 15 is 0 Å². The van der Waals surface area contributed by atoms with E-state index in [9.17, 15) is 0 Å². The van der Waals surface area contributed by atoms with Crippen LogP contribution in [0, 0.1) is 17.8 Å². The molecule has 2 aliphatic carbocycles. The molecule has 0 amide bonds. The van der Waals surface area contributed by atoms with E-state index in [0.29, 0.717) is 0 Å². The van der Waals surface area contributed by atoms with E-state index < -0.39 is 0 Å². The summed E-state index contributed by atoms with van der Waals surface area (Å²) in [7, 11) is 0. The van der Waals surface area contributed by atoms with Crippen molar-refractivity contribution in [2.45, 2.75) is 64.8 Å². The Labute approximate surface area is 95.0 Å². The van der Waals surface area contributed by atoms with Crippen molar-refractivity contribution < 1.29 is 0 Å². The Bertz CT molecular complexity index is 190. The standard InChI is InChI=1S/C14H27N/c1-3-15-11(2)13-9-8-12-6-4-5-7-14(12)10-13/h11-15H,3-10H2,1-2H3. The highest BCUT2D eigenvalue weighted by Crippen LogP contribution is 2.43. The van der Waals surface area contributed by atoms with Crippen molar-refractivity contribution in [1.82, 2.24) is 5.32 Å². The summed E-state index contributed by atoms with van der Waals surface area (Å²) in [6.45, 7) is 5.74. The zero-order valence-corrected chi connectivity index (χ0v) is 10.5. The predicted octanol–water partition coefficient (Wildman–Crippen LogP) is 3.59. The molecule has 1 nitrogen and oxygen atoms in total. The van der Waals surface area contributed by atoms with Crippen LogP contribution in [0.4, 0.5) is 0 Å². The minimum Gasteiger partial charge on any atom is -0.314 e. The summed E-state index contributed by atoms with van der Waals surface area (Å²) in [6.07, 6.45) is 10.6. The first-order valence-corrected chi connectivity index (χ1v) is 7.04. The molecular formula is C14H27N. The first-order chi connectivity index (χ1) is 7.31. The average molecular weight is 209 g/mol. The monoisotopic (exact) mass is 209 g/mol. The number of hydrogen-bond acceptors (Lipinski definition) is 1. The Kier molecular flexibility index (Phi) is 4.07. The van der Waals surface area contributed by atoms with Crippen LogP contribution < -0.4 is 5.32 Å². The molecule has 15 heavy (non-hydrogen) atoms. The van der Waals surface area contributed by atoms with Crippen LogP contribution in [0.3, 0.4) is 0 Å². The fraction of sp³-hybridized carbons (Fsp3) is 1.00. The number of hydrogen-bond donors (Lipinski definition) is 1. The number of fused-ring (bicyclic) bond motifs is 1. The van der Waals surface area contributed by atoms with Crippen molar-refractivity contribution in [3.63, 3.8) is 0 Å². The SMILES string of the molecule is CCNC(C)C1CCC2CCCCC2C1. The minimum atomic E-state index is 0.748. The van der Waals surface area contributed by atoms with Crippen LogP contribution in [0.25, 0.3) is 0 Å². The predicted molar refractivity (Wildman–Crippen MR) is 65.9 cm³/mol. The van der Waals surface area contributed by atoms with E-state index in [1.54, 1.807) is 0 Å². The normalized spacial score (nSPS) is 38.4. The van der Waals surface area contributed by atoms with Gasteiger partial charge in [-0.15, -0.1) is 0 Å². The van der Waals surface area contributed by atoms with Crippen LogP contribution in [0.1, 0.15) is 58.8 Å². The Hall–Kier alpha value is -0.0400. The minimum absolute atomic E-state index is 0.748. The van der Waals surface area contributed by atoms with Gasteiger partial charge in [0.1, 0.15) is 0 Å². The second-order valence-electron chi connectivity index (χ2n) is 5.72. The van der Waals surface area contributed by atoms with E-state index in [1.807, 2.05) is 0 Å². The highest BCUT2D eigenvalue weighted by atomic mass is 14.9. The quantitative estimate of drug-likeness (QED) is 0.749. The second kappa shape index (κ2) is 5.34. The molecule has 2 saturated carbocycles. The molecule has 1 N–H and O–H groups in total. The van der Waals surface area contributed by atoms with Crippen LogP contribution >= 0.6 is 0 Å². The summed E-state index contributed by atoms with van der Waals surface area (Å²) in [5.74, 6) is 3.15. The van der Waals surface area contributed by atoms with Gasteiger partial charge in [0.05, 0.1) is 0 Å². The summed E-state index contributed by atoms with van der Waals surface area (Å²) in [4.78, 5) is 0. The third-order valence-corrected chi connectivity index (χ3v) is 4.81. The Morgan fingerprint density at radius 2 is 1.80 bits per heavy atom. The second-order valence-corrected chi connectivity index (χ2v) is 5.72. The van der Waals surface area contributed by atoms with Gasteiger partial charge in [0.15, 0.2) is 0 Å². The van der Waals surface area contributed by atoms with Gasteiger partial charge >= 0.3 is 0 Å². The van der Waals surface area contributed by atoms with Gasteiger partial charge in [-0.25, -0.2) is 0 Å². The maximum Gasteiger partial charge on any atom is 0.00669 e. The molecule has 0 radical (unpaired) electrons. The topological polar surface area (TPSA) is 12.0 Å². The molecule has 0 aromatic rings. The van der Waals surface area contributed by atoms with Crippen LogP contribution in [0.5, 0.6) is 0 Å². The molecule has 4 atom stereocenters. The lowest BCUT2D eigenvalue weighted by Crippen LogP contribution is -2.39. The van der Waals surface area contributed by atoms with Crippen LogP contribution in [-0.2, 0) is 0 Å². The van der Waals surface area contributed by atoms with Gasteiger partial charge in [0, 0.05) is 6.04 Å². The molecule has 0 bridgehead atoms. The summed E-state index contributed by atoms with van der Waals surface area (Å²) in [5.41, 5.74) is 0. The van der Waals surface area contributed by atoms with Gasteiger partial charge in [0.25, 0.3) is 0 Å². The van der Waals surface area contributed by atoms with Crippen LogP contribution in [-0.4, -0.2) is 12.6 Å². The Morgan fingerprint density at radius 1 is 1.07 bits per heavy atom. The zero-order valence-electron chi connectivity index (χ0n) is 10.5. The summed E-state index contributed by atoms with van der Waals surface area (Å²) < 4.78 is 0. The molecule has 0 aromatic heterocycles. The molecule has 2 aliphatic rings. The highest BCUT2D eigenvalue weighted by molar-refractivity contribution is 4.86. The lowest BCUT2D eigenvalue weighted by molar-refractivity contribution is 0.113. The van der Waals surface area contributed by atoms with Gasteiger partial charge in [-0.1, -0.05) is 32.6 Å². The molecule has 88 valence electrons. The molecular weight excluding hydrogens is 182 g/mol. The van der Waals surface area contributed by atoms with E-state index in [2.05, 4.69) is 19.2 Å². The van der Waals surface area contributed by atoms with Crippen molar-refractivity contribution >= 4 is 0 Å². The lowest BCUT2D eigenvalue weighted by atomic mass is 9.66. The maximum absolute atomic E-state index is 3.61. The Morgan fingerprint density at radius 3 is 2.53 bits per heavy atom. The van der Waals surface area contributed by atoms with Crippen LogP contribution in [0.2, 0.25) is 0 Å². The smallest absolute Gasteiger partial charge is 0.00669 e. The van der Waals surface area contributed by atoms with Crippen molar-refractivity contribution in [2.75, 3.05) is 6.54 Å². The Balaban J connectivity index is 1.85. The fourth-order valence-corrected chi connectivity index (χ4v) is 3.85. The van der Waals surface area contributed by atoms with Crippen molar-refractivity contribution in [3.8, 4) is 0 Å². The summed E-state index contributed by atoms with van der Waals surface area (Å²) in [6, 6.07) is 0.748. The number of rotatable bonds is 3. The molecule has 0 aliphatic heterocycles. The summed E-state index contributed by atoms with van der Waals surface area (Å²) >= 11 is 0. The first kappa shape index (κ1) is 11.4. The molecule has 2 rings (SSSR count). The van der Waals surface area contributed by atoms with Crippen molar-refractivity contribution in [2.24, 2.45) is 17.8 Å². The molecule has 0 heterocycles. The zero-order chi connectivity index (χ0) is 10.7. The lowest BCUT2D eigenvalue weighted by Gasteiger charge is -2.41. The van der Waals surface area contributed by atoms with E-state index in [-0.39, 0.29) is 0 Å². The molecule has 4 unspecified atom stereocenters. The van der Waals surface area contributed by atoms with E-state index in [1.165, 1.54) is 44.9 Å². The number of nitrogens with one attached hydrogen (secondary N) is 1. The van der Waals surface area contributed by atoms with Gasteiger partial charge in [0.2, 0.25) is 0 Å². The third kappa shape index (κ3) is 2.75. The van der Waals surface area contributed by atoms with Gasteiger partial charge < -0.3 is 5.32 Å². The summed E-state index contributed by atoms with van der Waals surface area (Å²) in [5, 5.41) is 3.61. The largest absolute Gasteiger partial charge is 0.314 e. The molecule has 1 heteroatoms. The third-order valence-electron chi connectivity index (χ3n) is 4.81. The first-order valence-electron chi connectivity index (χ1n) is 7.04. The fourth-order valence-electron chi connectivity index (χ4n) is 3.85. The van der Waals surface area contributed by atoms with Crippen molar-refractivity contribution in [1.29, 1.82) is 0 Å². The van der Waals surface area contributed by atoms with Gasteiger partial charge in [-0.3, -0.25) is 0 Å². The van der Waals surface area contributed by atoms with Gasteiger partial charge in [-0.2, -0.15) is 0 Å². The maximum atomic E-state index is 3.61. The molecule has 0 spiro atoms. The molecule has 2 fully saturated rings. The van der Waals surface area contributed by atoms with Crippen molar-refractivity contribution in [3.05, 3.63) is 0 Å². The van der Waals surface area contributed by atoms with E-state index in [0.717, 1.165) is 30.3 Å².